The number of para-hydroxylation sites is 1. The van der Waals surface area contributed by atoms with E-state index in [9.17, 15) is 4.79 Å². The number of hydrogen-bond acceptors (Lipinski definition) is 3. The number of ether oxygens (including phenoxy) is 2. The van der Waals surface area contributed by atoms with E-state index in [1.165, 1.54) is 0 Å². The summed E-state index contributed by atoms with van der Waals surface area (Å²) in [7, 11) is 0. The summed E-state index contributed by atoms with van der Waals surface area (Å²) in [6.45, 7) is 7.09. The van der Waals surface area contributed by atoms with Gasteiger partial charge in [-0.2, -0.15) is 0 Å². The Morgan fingerprint density at radius 2 is 1.61 bits per heavy atom. The number of fused-ring (bicyclic) bond motifs is 1. The van der Waals surface area contributed by atoms with Crippen molar-refractivity contribution in [3.8, 4) is 11.5 Å². The van der Waals surface area contributed by atoms with Crippen LogP contribution in [-0.4, -0.2) is 12.5 Å². The van der Waals surface area contributed by atoms with Crippen LogP contribution in [0.25, 0.3) is 10.8 Å². The monoisotopic (exact) mass is 439 g/mol. The van der Waals surface area contributed by atoms with Gasteiger partial charge in [0, 0.05) is 22.2 Å². The van der Waals surface area contributed by atoms with Crippen LogP contribution in [0, 0.1) is 0 Å². The Morgan fingerprint density at radius 3 is 2.42 bits per heavy atom. The number of carbonyl (C=O) groups is 1. The molecular formula is C29H29NO3. The van der Waals surface area contributed by atoms with Gasteiger partial charge in [0.15, 0.2) is 0 Å². The molecule has 1 amide bonds. The summed E-state index contributed by atoms with van der Waals surface area (Å²) in [4.78, 5) is 13.1. The molecule has 4 aromatic rings. The fraction of sp³-hybridized carbons (Fsp3) is 0.207. The molecule has 0 aliphatic rings. The highest BCUT2D eigenvalue weighted by molar-refractivity contribution is 6.09. The molecule has 0 saturated heterocycles. The second-order valence-corrected chi connectivity index (χ2v) is 8.22. The van der Waals surface area contributed by atoms with E-state index in [2.05, 4.69) is 25.2 Å². The normalized spacial score (nSPS) is 10.9. The molecular weight excluding hydrogens is 410 g/mol. The number of carbonyl (C=O) groups excluding carboxylic acids is 1. The maximum Gasteiger partial charge on any atom is 0.255 e. The quantitative estimate of drug-likeness (QED) is 0.316. The van der Waals surface area contributed by atoms with E-state index < -0.39 is 0 Å². The largest absolute Gasteiger partial charge is 0.493 e. The Hall–Kier alpha value is -3.79. The van der Waals surface area contributed by atoms with Crippen LogP contribution in [-0.2, 0) is 6.61 Å². The fourth-order valence-electron chi connectivity index (χ4n) is 3.90. The van der Waals surface area contributed by atoms with Crippen LogP contribution in [0.1, 0.15) is 48.2 Å². The van der Waals surface area contributed by atoms with Crippen LogP contribution >= 0.6 is 0 Å². The van der Waals surface area contributed by atoms with Gasteiger partial charge in [0.2, 0.25) is 0 Å². The molecule has 4 nitrogen and oxygen atoms in total. The summed E-state index contributed by atoms with van der Waals surface area (Å²) in [5.41, 5.74) is 3.33. The number of benzene rings is 4. The zero-order chi connectivity index (χ0) is 23.2. The molecule has 0 spiro atoms. The molecule has 0 saturated carbocycles. The first kappa shape index (κ1) is 22.4. The third kappa shape index (κ3) is 5.17. The van der Waals surface area contributed by atoms with Gasteiger partial charge in [0.1, 0.15) is 18.1 Å². The molecule has 0 fully saturated rings. The second kappa shape index (κ2) is 10.2. The summed E-state index contributed by atoms with van der Waals surface area (Å²) in [6, 6.07) is 27.4. The van der Waals surface area contributed by atoms with Crippen molar-refractivity contribution in [2.45, 2.75) is 33.3 Å². The van der Waals surface area contributed by atoms with Crippen molar-refractivity contribution in [2.75, 3.05) is 11.9 Å². The molecule has 0 radical (unpaired) electrons. The van der Waals surface area contributed by atoms with Crippen molar-refractivity contribution in [2.24, 2.45) is 0 Å². The molecule has 0 atom stereocenters. The third-order valence-electron chi connectivity index (χ3n) is 5.58. The smallest absolute Gasteiger partial charge is 0.255 e. The zero-order valence-corrected chi connectivity index (χ0v) is 19.3. The first-order valence-corrected chi connectivity index (χ1v) is 11.3. The Morgan fingerprint density at radius 1 is 0.848 bits per heavy atom. The van der Waals surface area contributed by atoms with Crippen molar-refractivity contribution < 1.29 is 14.3 Å². The molecule has 4 heteroatoms. The van der Waals surface area contributed by atoms with Crippen LogP contribution in [0.4, 0.5) is 5.69 Å². The van der Waals surface area contributed by atoms with Gasteiger partial charge in [0.05, 0.1) is 6.61 Å². The van der Waals surface area contributed by atoms with Crippen LogP contribution in [0.15, 0.2) is 84.9 Å². The van der Waals surface area contributed by atoms with E-state index in [1.54, 1.807) is 6.07 Å². The molecule has 0 aromatic heterocycles. The number of anilines is 1. The average molecular weight is 440 g/mol. The molecule has 0 aliphatic carbocycles. The summed E-state index contributed by atoms with van der Waals surface area (Å²) >= 11 is 0. The Balaban J connectivity index is 1.58. The Bertz CT molecular complexity index is 1260. The number of amides is 1. The fourth-order valence-corrected chi connectivity index (χ4v) is 3.90. The van der Waals surface area contributed by atoms with Crippen molar-refractivity contribution in [1.82, 2.24) is 0 Å². The summed E-state index contributed by atoms with van der Waals surface area (Å²) in [5, 5.41) is 5.15. The van der Waals surface area contributed by atoms with Crippen LogP contribution in [0.5, 0.6) is 11.5 Å². The van der Waals surface area contributed by atoms with E-state index in [4.69, 9.17) is 9.47 Å². The second-order valence-electron chi connectivity index (χ2n) is 8.22. The Labute approximate surface area is 195 Å². The molecule has 0 aliphatic heterocycles. The highest BCUT2D eigenvalue weighted by atomic mass is 16.5. The minimum Gasteiger partial charge on any atom is -0.493 e. The average Bonchev–Trinajstić information content (AvgIpc) is 2.84. The molecule has 0 bridgehead atoms. The van der Waals surface area contributed by atoms with Crippen molar-refractivity contribution in [1.29, 1.82) is 0 Å². The molecule has 0 heterocycles. The maximum absolute atomic E-state index is 13.1. The van der Waals surface area contributed by atoms with Gasteiger partial charge in [-0.15, -0.1) is 0 Å². The first-order valence-electron chi connectivity index (χ1n) is 11.3. The van der Waals surface area contributed by atoms with Crippen molar-refractivity contribution in [3.05, 3.63) is 102 Å². The van der Waals surface area contributed by atoms with Crippen LogP contribution in [0.3, 0.4) is 0 Å². The van der Waals surface area contributed by atoms with Crippen LogP contribution in [0.2, 0.25) is 0 Å². The Kier molecular flexibility index (Phi) is 6.94. The van der Waals surface area contributed by atoms with E-state index in [0.29, 0.717) is 24.7 Å². The topological polar surface area (TPSA) is 47.6 Å². The molecule has 4 aromatic carbocycles. The minimum atomic E-state index is -0.168. The minimum absolute atomic E-state index is 0.168. The standard InChI is InChI=1S/C29H29NO3/c1-4-32-27-17-16-22(18-23(27)19-33-28-15-8-7-12-24(28)20(2)3)29(31)30-26-14-9-11-21-10-5-6-13-25(21)26/h5-18,20H,4,19H2,1-3H3,(H,30,31). The van der Waals surface area contributed by atoms with Crippen molar-refractivity contribution >= 4 is 22.4 Å². The van der Waals surface area contributed by atoms with Crippen LogP contribution < -0.4 is 14.8 Å². The summed E-state index contributed by atoms with van der Waals surface area (Å²) in [6.07, 6.45) is 0. The SMILES string of the molecule is CCOc1ccc(C(=O)Nc2cccc3ccccc23)cc1COc1ccccc1C(C)C. The highest BCUT2D eigenvalue weighted by Gasteiger charge is 2.14. The van der Waals surface area contributed by atoms with Gasteiger partial charge in [-0.1, -0.05) is 68.4 Å². The number of hydrogen-bond donors (Lipinski definition) is 1. The van der Waals surface area contributed by atoms with Gasteiger partial charge >= 0.3 is 0 Å². The number of nitrogens with one attached hydrogen (secondary N) is 1. The first-order chi connectivity index (χ1) is 16.1. The van der Waals surface area contributed by atoms with E-state index >= 15 is 0 Å². The van der Waals surface area contributed by atoms with Gasteiger partial charge in [-0.25, -0.2) is 0 Å². The predicted octanol–water partition coefficient (Wildman–Crippen LogP) is 7.19. The molecule has 1 N–H and O–H groups in total. The number of rotatable bonds is 8. The molecule has 4 rings (SSSR count). The summed E-state index contributed by atoms with van der Waals surface area (Å²) < 4.78 is 12.0. The zero-order valence-electron chi connectivity index (χ0n) is 19.3. The predicted molar refractivity (Wildman–Crippen MR) is 134 cm³/mol. The van der Waals surface area contributed by atoms with Gasteiger partial charge in [-0.3, -0.25) is 4.79 Å². The lowest BCUT2D eigenvalue weighted by atomic mass is 10.0. The van der Waals surface area contributed by atoms with Gasteiger partial charge in [0.25, 0.3) is 5.91 Å². The van der Waals surface area contributed by atoms with E-state index in [1.807, 2.05) is 79.7 Å². The van der Waals surface area contributed by atoms with Gasteiger partial charge < -0.3 is 14.8 Å². The van der Waals surface area contributed by atoms with E-state index in [-0.39, 0.29) is 5.91 Å². The third-order valence-corrected chi connectivity index (χ3v) is 5.58. The molecule has 33 heavy (non-hydrogen) atoms. The summed E-state index contributed by atoms with van der Waals surface area (Å²) in [5.74, 6) is 1.75. The lowest BCUT2D eigenvalue weighted by Gasteiger charge is -2.16. The maximum atomic E-state index is 13.1. The molecule has 168 valence electrons. The lowest BCUT2D eigenvalue weighted by Crippen LogP contribution is -2.13. The molecule has 0 unspecified atom stereocenters. The highest BCUT2D eigenvalue weighted by Crippen LogP contribution is 2.29. The van der Waals surface area contributed by atoms with Gasteiger partial charge in [-0.05, 0) is 54.1 Å². The van der Waals surface area contributed by atoms with E-state index in [0.717, 1.165) is 39.1 Å². The van der Waals surface area contributed by atoms with Crippen molar-refractivity contribution in [3.63, 3.8) is 0 Å². The lowest BCUT2D eigenvalue weighted by molar-refractivity contribution is 0.102.